The number of hydrogen-bond donors (Lipinski definition) is 0. The Morgan fingerprint density at radius 1 is 1.19 bits per heavy atom. The summed E-state index contributed by atoms with van der Waals surface area (Å²) in [5.41, 5.74) is 0.370. The molecule has 0 radical (unpaired) electrons. The van der Waals surface area contributed by atoms with Crippen LogP contribution in [-0.2, 0) is 10.9 Å². The molecule has 146 valence electrons. The SMILES string of the molecule is Cc1cc(C(F)(F)F)nn1-c1ccc(C2CCN2C(=O)OC(C)(C)C)cc1. The van der Waals surface area contributed by atoms with E-state index in [-0.39, 0.29) is 12.1 Å². The van der Waals surface area contributed by atoms with Crippen molar-refractivity contribution in [2.45, 2.75) is 51.9 Å². The maximum Gasteiger partial charge on any atom is 0.435 e. The number of likely N-dealkylation sites (tertiary alicyclic amines) is 1. The fourth-order valence-corrected chi connectivity index (χ4v) is 2.99. The van der Waals surface area contributed by atoms with Crippen LogP contribution in [0.2, 0.25) is 0 Å². The Labute approximate surface area is 155 Å². The number of carbonyl (C=O) groups excluding carboxylic acids is 1. The summed E-state index contributed by atoms with van der Waals surface area (Å²) in [5.74, 6) is 0. The lowest BCUT2D eigenvalue weighted by molar-refractivity contribution is -0.141. The zero-order valence-corrected chi connectivity index (χ0v) is 15.7. The van der Waals surface area contributed by atoms with Crippen molar-refractivity contribution in [2.24, 2.45) is 0 Å². The first-order valence-electron chi connectivity index (χ1n) is 8.69. The molecule has 1 aromatic carbocycles. The van der Waals surface area contributed by atoms with Crippen LogP contribution in [0.3, 0.4) is 0 Å². The minimum Gasteiger partial charge on any atom is -0.444 e. The van der Waals surface area contributed by atoms with Gasteiger partial charge in [-0.25, -0.2) is 9.48 Å². The molecule has 3 rings (SSSR count). The van der Waals surface area contributed by atoms with Crippen LogP contribution in [0.1, 0.15) is 50.2 Å². The third kappa shape index (κ3) is 4.09. The van der Waals surface area contributed by atoms with Crippen molar-refractivity contribution >= 4 is 6.09 Å². The van der Waals surface area contributed by atoms with Gasteiger partial charge < -0.3 is 9.64 Å². The second kappa shape index (κ2) is 6.58. The van der Waals surface area contributed by atoms with Gasteiger partial charge >= 0.3 is 12.3 Å². The summed E-state index contributed by atoms with van der Waals surface area (Å²) < 4.78 is 45.2. The summed E-state index contributed by atoms with van der Waals surface area (Å²) in [4.78, 5) is 13.9. The smallest absolute Gasteiger partial charge is 0.435 e. The van der Waals surface area contributed by atoms with Gasteiger partial charge in [-0.3, -0.25) is 0 Å². The molecule has 0 N–H and O–H groups in total. The lowest BCUT2D eigenvalue weighted by Gasteiger charge is -2.41. The Balaban J connectivity index is 1.77. The van der Waals surface area contributed by atoms with Crippen LogP contribution in [0.5, 0.6) is 0 Å². The molecule has 1 saturated heterocycles. The third-order valence-corrected chi connectivity index (χ3v) is 4.35. The number of halogens is 3. The summed E-state index contributed by atoms with van der Waals surface area (Å²) in [7, 11) is 0. The van der Waals surface area contributed by atoms with Crippen molar-refractivity contribution in [1.29, 1.82) is 0 Å². The van der Waals surface area contributed by atoms with Gasteiger partial charge in [0.15, 0.2) is 5.69 Å². The quantitative estimate of drug-likeness (QED) is 0.745. The number of nitrogens with zero attached hydrogens (tertiary/aromatic N) is 3. The van der Waals surface area contributed by atoms with Crippen LogP contribution in [0, 0.1) is 6.92 Å². The molecule has 0 spiro atoms. The van der Waals surface area contributed by atoms with Crippen molar-refractivity contribution in [3.05, 3.63) is 47.3 Å². The van der Waals surface area contributed by atoms with Crippen LogP contribution in [0.25, 0.3) is 5.69 Å². The van der Waals surface area contributed by atoms with Gasteiger partial charge in [-0.1, -0.05) is 12.1 Å². The van der Waals surface area contributed by atoms with Crippen LogP contribution in [0.15, 0.2) is 30.3 Å². The number of ether oxygens (including phenoxy) is 1. The highest BCUT2D eigenvalue weighted by Gasteiger charge is 2.36. The van der Waals surface area contributed by atoms with E-state index in [2.05, 4.69) is 5.10 Å². The summed E-state index contributed by atoms with van der Waals surface area (Å²) in [5, 5.41) is 3.65. The lowest BCUT2D eigenvalue weighted by Crippen LogP contribution is -2.47. The summed E-state index contributed by atoms with van der Waals surface area (Å²) in [6.07, 6.45) is -4.02. The number of hydrogen-bond acceptors (Lipinski definition) is 3. The van der Waals surface area contributed by atoms with Gasteiger partial charge in [-0.2, -0.15) is 18.3 Å². The van der Waals surface area contributed by atoms with Crippen molar-refractivity contribution in [1.82, 2.24) is 14.7 Å². The highest BCUT2D eigenvalue weighted by molar-refractivity contribution is 5.70. The van der Waals surface area contributed by atoms with Crippen LogP contribution < -0.4 is 0 Å². The molecular formula is C19H22F3N3O2. The predicted octanol–water partition coefficient (Wildman–Crippen LogP) is 4.88. The van der Waals surface area contributed by atoms with E-state index in [1.54, 1.807) is 24.0 Å². The van der Waals surface area contributed by atoms with Gasteiger partial charge in [0, 0.05) is 12.2 Å². The Morgan fingerprint density at radius 2 is 1.81 bits per heavy atom. The second-order valence-electron chi connectivity index (χ2n) is 7.65. The number of amides is 1. The number of carbonyl (C=O) groups is 1. The van der Waals surface area contributed by atoms with Gasteiger partial charge in [0.25, 0.3) is 0 Å². The summed E-state index contributed by atoms with van der Waals surface area (Å²) in [6.45, 7) is 7.64. The molecule has 1 fully saturated rings. The zero-order valence-electron chi connectivity index (χ0n) is 15.7. The van der Waals surface area contributed by atoms with Gasteiger partial charge in [0.2, 0.25) is 0 Å². The first kappa shape index (κ1) is 19.3. The Kier molecular flexibility index (Phi) is 4.69. The second-order valence-corrected chi connectivity index (χ2v) is 7.65. The van der Waals surface area contributed by atoms with Crippen LogP contribution >= 0.6 is 0 Å². The zero-order chi connectivity index (χ0) is 20.0. The molecule has 0 aliphatic carbocycles. The molecular weight excluding hydrogens is 359 g/mol. The van der Waals surface area contributed by atoms with E-state index in [0.717, 1.165) is 18.1 Å². The van der Waals surface area contributed by atoms with E-state index >= 15 is 0 Å². The van der Waals surface area contributed by atoms with Gasteiger partial charge in [0.05, 0.1) is 11.7 Å². The van der Waals surface area contributed by atoms with Crippen molar-refractivity contribution in [3.8, 4) is 5.69 Å². The van der Waals surface area contributed by atoms with E-state index in [9.17, 15) is 18.0 Å². The number of benzene rings is 1. The van der Waals surface area contributed by atoms with Gasteiger partial charge in [-0.05, 0) is 57.9 Å². The minimum absolute atomic E-state index is 0.0849. The van der Waals surface area contributed by atoms with E-state index in [4.69, 9.17) is 4.74 Å². The number of alkyl halides is 3. The highest BCUT2D eigenvalue weighted by Crippen LogP contribution is 2.35. The molecule has 1 unspecified atom stereocenters. The maximum atomic E-state index is 12.8. The minimum atomic E-state index is -4.48. The lowest BCUT2D eigenvalue weighted by atomic mass is 9.95. The van der Waals surface area contributed by atoms with E-state index in [0.29, 0.717) is 17.9 Å². The van der Waals surface area contributed by atoms with Gasteiger partial charge in [0.1, 0.15) is 5.60 Å². The fourth-order valence-electron chi connectivity index (χ4n) is 2.99. The Bertz CT molecular complexity index is 835. The van der Waals surface area contributed by atoms with Crippen molar-refractivity contribution in [2.75, 3.05) is 6.54 Å². The van der Waals surface area contributed by atoms with E-state index in [1.807, 2.05) is 32.9 Å². The molecule has 1 atom stereocenters. The highest BCUT2D eigenvalue weighted by atomic mass is 19.4. The molecule has 2 aromatic rings. The first-order valence-corrected chi connectivity index (χ1v) is 8.69. The molecule has 1 aliphatic heterocycles. The summed E-state index contributed by atoms with van der Waals surface area (Å²) >= 11 is 0. The number of aryl methyl sites for hydroxylation is 1. The van der Waals surface area contributed by atoms with Crippen LogP contribution in [0.4, 0.5) is 18.0 Å². The van der Waals surface area contributed by atoms with Gasteiger partial charge in [-0.15, -0.1) is 0 Å². The van der Waals surface area contributed by atoms with Crippen molar-refractivity contribution in [3.63, 3.8) is 0 Å². The molecule has 1 amide bonds. The molecule has 5 nitrogen and oxygen atoms in total. The normalized spacial score (nSPS) is 17.6. The molecule has 27 heavy (non-hydrogen) atoms. The molecule has 8 heteroatoms. The number of aromatic nitrogens is 2. The topological polar surface area (TPSA) is 47.4 Å². The van der Waals surface area contributed by atoms with E-state index in [1.165, 1.54) is 4.68 Å². The van der Waals surface area contributed by atoms with E-state index < -0.39 is 17.5 Å². The Hall–Kier alpha value is -2.51. The first-order chi connectivity index (χ1) is 12.5. The molecule has 0 bridgehead atoms. The average molecular weight is 381 g/mol. The molecule has 0 saturated carbocycles. The third-order valence-electron chi connectivity index (χ3n) is 4.35. The maximum absolute atomic E-state index is 12.8. The van der Waals surface area contributed by atoms with Crippen LogP contribution in [-0.4, -0.2) is 32.9 Å². The molecule has 2 heterocycles. The average Bonchev–Trinajstić information content (AvgIpc) is 2.87. The van der Waals surface area contributed by atoms with Crippen molar-refractivity contribution < 1.29 is 22.7 Å². The standard InChI is InChI=1S/C19H22F3N3O2/c1-12-11-16(19(20,21)22)23-25(12)14-7-5-13(6-8-14)15-9-10-24(15)17(26)27-18(2,3)4/h5-8,11,15H,9-10H2,1-4H3. The largest absolute Gasteiger partial charge is 0.444 e. The predicted molar refractivity (Wildman–Crippen MR) is 93.6 cm³/mol. The number of rotatable bonds is 2. The Morgan fingerprint density at radius 3 is 2.26 bits per heavy atom. The monoisotopic (exact) mass is 381 g/mol. The molecule has 1 aromatic heterocycles. The summed E-state index contributed by atoms with van der Waals surface area (Å²) in [6, 6.07) is 7.97. The molecule has 1 aliphatic rings. The fraction of sp³-hybridized carbons (Fsp3) is 0.474.